The van der Waals surface area contributed by atoms with Gasteiger partial charge in [0.2, 0.25) is 23.6 Å². The fourth-order valence-electron chi connectivity index (χ4n) is 4.30. The van der Waals surface area contributed by atoms with Crippen LogP contribution >= 0.6 is 0 Å². The van der Waals surface area contributed by atoms with E-state index in [1.165, 1.54) is 12.5 Å². The van der Waals surface area contributed by atoms with Crippen molar-refractivity contribution >= 4 is 40.5 Å². The lowest BCUT2D eigenvalue weighted by atomic mass is 10.0. The molecule has 0 aliphatic heterocycles. The Bertz CT molecular complexity index is 1370. The molecule has 1 aromatic carbocycles. The number of benzene rings is 1. The summed E-state index contributed by atoms with van der Waals surface area (Å²) in [5.74, 6) is -4.30. The van der Waals surface area contributed by atoms with E-state index >= 15 is 0 Å². The van der Waals surface area contributed by atoms with Crippen molar-refractivity contribution in [2.75, 3.05) is 0 Å². The monoisotopic (exact) mass is 568 g/mol. The van der Waals surface area contributed by atoms with Crippen LogP contribution in [0.2, 0.25) is 0 Å². The zero-order valence-corrected chi connectivity index (χ0v) is 22.8. The van der Waals surface area contributed by atoms with Gasteiger partial charge in [0.05, 0.1) is 12.4 Å². The predicted octanol–water partition coefficient (Wildman–Crippen LogP) is -0.536. The number of aromatic nitrogens is 3. The van der Waals surface area contributed by atoms with Gasteiger partial charge in [0, 0.05) is 48.3 Å². The molecule has 3 rings (SSSR count). The maximum absolute atomic E-state index is 13.4. The Morgan fingerprint density at radius 1 is 0.951 bits per heavy atom. The van der Waals surface area contributed by atoms with Crippen LogP contribution in [0.3, 0.4) is 0 Å². The van der Waals surface area contributed by atoms with Crippen molar-refractivity contribution in [2.24, 2.45) is 17.4 Å². The second-order valence-electron chi connectivity index (χ2n) is 10.1. The van der Waals surface area contributed by atoms with E-state index in [0.29, 0.717) is 11.3 Å². The summed E-state index contributed by atoms with van der Waals surface area (Å²) in [5, 5.41) is 18.5. The molecular weight excluding hydrogens is 532 g/mol. The Hall–Kier alpha value is -4.72. The number of nitrogens with two attached hydrogens (primary N) is 2. The molecule has 0 aliphatic rings. The molecule has 0 fully saturated rings. The molecule has 10 N–H and O–H groups in total. The molecule has 4 atom stereocenters. The van der Waals surface area contributed by atoms with Gasteiger partial charge in [0.15, 0.2) is 0 Å². The van der Waals surface area contributed by atoms with Crippen molar-refractivity contribution in [3.8, 4) is 0 Å². The smallest absolute Gasteiger partial charge is 0.326 e. The van der Waals surface area contributed by atoms with Crippen LogP contribution in [0.25, 0.3) is 10.9 Å². The van der Waals surface area contributed by atoms with Crippen LogP contribution in [0.1, 0.15) is 37.9 Å². The van der Waals surface area contributed by atoms with E-state index in [1.807, 2.05) is 24.3 Å². The minimum absolute atomic E-state index is 0.00365. The molecule has 0 spiro atoms. The van der Waals surface area contributed by atoms with Gasteiger partial charge in [-0.1, -0.05) is 32.0 Å². The maximum Gasteiger partial charge on any atom is 0.326 e. The normalized spacial score (nSPS) is 14.1. The topological polar surface area (TPSA) is 238 Å². The van der Waals surface area contributed by atoms with Gasteiger partial charge in [-0.15, -0.1) is 0 Å². The summed E-state index contributed by atoms with van der Waals surface area (Å²) in [5.41, 5.74) is 13.0. The van der Waals surface area contributed by atoms with Gasteiger partial charge in [-0.3, -0.25) is 19.2 Å². The quantitative estimate of drug-likeness (QED) is 0.118. The molecule has 0 bridgehead atoms. The number of para-hydroxylation sites is 1. The van der Waals surface area contributed by atoms with Crippen molar-refractivity contribution in [2.45, 2.75) is 63.7 Å². The second kappa shape index (κ2) is 14.1. The molecule has 2 heterocycles. The highest BCUT2D eigenvalue weighted by atomic mass is 16.4. The first-order chi connectivity index (χ1) is 19.5. The Kier molecular flexibility index (Phi) is 10.6. The van der Waals surface area contributed by atoms with Gasteiger partial charge < -0.3 is 42.5 Å². The molecule has 14 heteroatoms. The number of rotatable bonds is 15. The molecule has 0 radical (unpaired) electrons. The highest BCUT2D eigenvalue weighted by molar-refractivity contribution is 5.94. The van der Waals surface area contributed by atoms with Crippen molar-refractivity contribution < 1.29 is 29.1 Å². The number of carboxylic acids is 1. The number of aliphatic carboxylic acids is 1. The molecule has 14 nitrogen and oxygen atoms in total. The molecule has 0 saturated carbocycles. The summed E-state index contributed by atoms with van der Waals surface area (Å²) in [4.78, 5) is 72.3. The van der Waals surface area contributed by atoms with Crippen molar-refractivity contribution in [3.05, 3.63) is 54.2 Å². The van der Waals surface area contributed by atoms with E-state index < -0.39 is 59.7 Å². The fraction of sp³-hybridized carbons (Fsp3) is 0.407. The SMILES string of the molecule is CC(C)C(NC(=O)C(N)CCC(N)=O)C(=O)NC(Cc1cnc[nH]1)C(=O)NC(Cc1c[nH]c2ccccc12)C(=O)O. The van der Waals surface area contributed by atoms with Crippen LogP contribution in [-0.4, -0.2) is 73.8 Å². The number of nitrogens with zero attached hydrogens (tertiary/aromatic N) is 1. The summed E-state index contributed by atoms with van der Waals surface area (Å²) in [6.45, 7) is 3.40. The fourth-order valence-corrected chi connectivity index (χ4v) is 4.30. The lowest BCUT2D eigenvalue weighted by molar-refractivity contribution is -0.142. The predicted molar refractivity (Wildman–Crippen MR) is 149 cm³/mol. The van der Waals surface area contributed by atoms with E-state index in [2.05, 4.69) is 30.9 Å². The van der Waals surface area contributed by atoms with Crippen LogP contribution in [0.5, 0.6) is 0 Å². The third kappa shape index (κ3) is 8.63. The first-order valence-electron chi connectivity index (χ1n) is 13.2. The molecule has 2 aromatic heterocycles. The Morgan fingerprint density at radius 3 is 2.29 bits per heavy atom. The lowest BCUT2D eigenvalue weighted by Gasteiger charge is -2.27. The Balaban J connectivity index is 1.75. The van der Waals surface area contributed by atoms with Crippen LogP contribution in [0.4, 0.5) is 0 Å². The number of amides is 4. The molecular formula is C27H36N8O6. The van der Waals surface area contributed by atoms with E-state index in [1.54, 1.807) is 20.0 Å². The van der Waals surface area contributed by atoms with Crippen LogP contribution in [-0.2, 0) is 36.8 Å². The molecule has 41 heavy (non-hydrogen) atoms. The largest absolute Gasteiger partial charge is 0.480 e. The number of nitrogens with one attached hydrogen (secondary N) is 5. The molecule has 3 aromatic rings. The van der Waals surface area contributed by atoms with Crippen LogP contribution < -0.4 is 27.4 Å². The Morgan fingerprint density at radius 2 is 1.66 bits per heavy atom. The highest BCUT2D eigenvalue weighted by Crippen LogP contribution is 2.19. The standard InChI is InChI=1S/C27H36N8O6/c1-14(2)23(35-24(37)18(28)7-8-22(29)36)26(39)33-20(10-16-12-30-13-32-16)25(38)34-21(27(40)41)9-15-11-31-19-6-4-3-5-17(15)19/h3-6,11-14,18,20-21,23,31H,7-10,28H2,1-2H3,(H2,29,36)(H,30,32)(H,33,39)(H,34,38)(H,35,37)(H,40,41). The molecule has 0 aliphatic carbocycles. The summed E-state index contributed by atoms with van der Waals surface area (Å²) < 4.78 is 0. The van der Waals surface area contributed by atoms with Gasteiger partial charge in [0.1, 0.15) is 18.1 Å². The average Bonchev–Trinajstić information content (AvgIpc) is 3.59. The molecule has 0 saturated heterocycles. The third-order valence-electron chi connectivity index (χ3n) is 6.61. The minimum Gasteiger partial charge on any atom is -0.480 e. The summed E-state index contributed by atoms with van der Waals surface area (Å²) >= 11 is 0. The minimum atomic E-state index is -1.29. The zero-order valence-electron chi connectivity index (χ0n) is 22.8. The van der Waals surface area contributed by atoms with Gasteiger partial charge >= 0.3 is 5.97 Å². The van der Waals surface area contributed by atoms with Gasteiger partial charge in [-0.2, -0.15) is 0 Å². The first kappa shape index (κ1) is 30.8. The van der Waals surface area contributed by atoms with Gasteiger partial charge in [-0.05, 0) is 24.0 Å². The van der Waals surface area contributed by atoms with Crippen LogP contribution in [0.15, 0.2) is 43.0 Å². The number of H-pyrrole nitrogens is 2. The number of carbonyl (C=O) groups is 5. The van der Waals surface area contributed by atoms with Gasteiger partial charge in [-0.25, -0.2) is 9.78 Å². The maximum atomic E-state index is 13.4. The van der Waals surface area contributed by atoms with E-state index in [0.717, 1.165) is 10.9 Å². The summed E-state index contributed by atoms with van der Waals surface area (Å²) in [7, 11) is 0. The van der Waals surface area contributed by atoms with E-state index in [-0.39, 0.29) is 25.7 Å². The van der Waals surface area contributed by atoms with Crippen molar-refractivity contribution in [1.29, 1.82) is 0 Å². The first-order valence-corrected chi connectivity index (χ1v) is 13.2. The Labute approximate surface area is 236 Å². The van der Waals surface area contributed by atoms with E-state index in [4.69, 9.17) is 11.5 Å². The average molecular weight is 569 g/mol. The number of aromatic amines is 2. The second-order valence-corrected chi connectivity index (χ2v) is 10.1. The molecule has 4 unspecified atom stereocenters. The summed E-state index contributed by atoms with van der Waals surface area (Å²) in [6.07, 6.45) is 4.48. The highest BCUT2D eigenvalue weighted by Gasteiger charge is 2.32. The number of carboxylic acid groups (broad SMARTS) is 1. The van der Waals surface area contributed by atoms with Gasteiger partial charge in [0.25, 0.3) is 0 Å². The number of fused-ring (bicyclic) bond motifs is 1. The van der Waals surface area contributed by atoms with Crippen LogP contribution in [0, 0.1) is 5.92 Å². The van der Waals surface area contributed by atoms with Crippen molar-refractivity contribution in [3.63, 3.8) is 0 Å². The number of carbonyl (C=O) groups excluding carboxylic acids is 4. The number of hydrogen-bond donors (Lipinski definition) is 8. The molecule has 220 valence electrons. The van der Waals surface area contributed by atoms with Crippen molar-refractivity contribution in [1.82, 2.24) is 30.9 Å². The third-order valence-corrected chi connectivity index (χ3v) is 6.61. The zero-order chi connectivity index (χ0) is 30.1. The summed E-state index contributed by atoms with van der Waals surface area (Å²) in [6, 6.07) is 2.77. The lowest BCUT2D eigenvalue weighted by Crippen LogP contribution is -2.59. The van der Waals surface area contributed by atoms with E-state index in [9.17, 15) is 29.1 Å². The molecule has 4 amide bonds. The number of imidazole rings is 1. The number of primary amides is 1. The number of hydrogen-bond acceptors (Lipinski definition) is 7.